The Morgan fingerprint density at radius 2 is 2.19 bits per heavy atom. The van der Waals surface area contributed by atoms with Crippen molar-refractivity contribution in [1.82, 2.24) is 10.2 Å². The van der Waals surface area contributed by atoms with Gasteiger partial charge in [0.05, 0.1) is 12.6 Å². The molecule has 2 unspecified atom stereocenters. The van der Waals surface area contributed by atoms with Crippen molar-refractivity contribution in [2.24, 2.45) is 0 Å². The van der Waals surface area contributed by atoms with Crippen molar-refractivity contribution < 1.29 is 9.90 Å². The predicted octanol–water partition coefficient (Wildman–Crippen LogP) is 0.746. The summed E-state index contributed by atoms with van der Waals surface area (Å²) in [7, 11) is 0. The normalized spacial score (nSPS) is 23.7. The first-order chi connectivity index (χ1) is 7.49. The maximum atomic E-state index is 11.6. The van der Waals surface area contributed by atoms with Crippen molar-refractivity contribution in [3.63, 3.8) is 0 Å². The van der Waals surface area contributed by atoms with Crippen LogP contribution in [0, 0.1) is 0 Å². The molecule has 1 aliphatic rings. The number of rotatable bonds is 5. The summed E-state index contributed by atoms with van der Waals surface area (Å²) in [5.74, 6) is 0.0903. The number of carbonyl (C=O) groups excluding carboxylic acids is 1. The minimum Gasteiger partial charge on any atom is -0.393 e. The van der Waals surface area contributed by atoms with Gasteiger partial charge < -0.3 is 10.4 Å². The molecule has 0 aromatic rings. The van der Waals surface area contributed by atoms with Gasteiger partial charge in [-0.1, -0.05) is 0 Å². The van der Waals surface area contributed by atoms with Gasteiger partial charge in [0.2, 0.25) is 5.91 Å². The van der Waals surface area contributed by atoms with E-state index in [4.69, 9.17) is 0 Å². The Labute approximate surface area is 98.0 Å². The number of aliphatic hydroxyl groups is 1. The molecular weight excluding hydrogens is 204 g/mol. The third kappa shape index (κ3) is 4.49. The van der Waals surface area contributed by atoms with Gasteiger partial charge in [-0.25, -0.2) is 0 Å². The molecule has 1 rings (SSSR count). The first-order valence-corrected chi connectivity index (χ1v) is 6.20. The molecule has 0 bridgehead atoms. The number of likely N-dealkylation sites (tertiary alicyclic amines) is 1. The second kappa shape index (κ2) is 6.21. The number of aliphatic hydroxyl groups excluding tert-OH is 1. The highest BCUT2D eigenvalue weighted by molar-refractivity contribution is 5.78. The van der Waals surface area contributed by atoms with E-state index < -0.39 is 0 Å². The SMILES string of the molecule is CC(O)CC1CCCN1CC(=O)NC(C)C. The lowest BCUT2D eigenvalue weighted by Gasteiger charge is -2.25. The van der Waals surface area contributed by atoms with E-state index in [-0.39, 0.29) is 18.1 Å². The smallest absolute Gasteiger partial charge is 0.234 e. The van der Waals surface area contributed by atoms with Crippen molar-refractivity contribution in [2.75, 3.05) is 13.1 Å². The van der Waals surface area contributed by atoms with E-state index in [1.807, 2.05) is 20.8 Å². The Kier molecular flexibility index (Phi) is 5.22. The Balaban J connectivity index is 2.37. The van der Waals surface area contributed by atoms with Gasteiger partial charge in [-0.2, -0.15) is 0 Å². The van der Waals surface area contributed by atoms with Gasteiger partial charge in [0.15, 0.2) is 0 Å². The quantitative estimate of drug-likeness (QED) is 0.730. The number of nitrogens with zero attached hydrogens (tertiary/aromatic N) is 1. The van der Waals surface area contributed by atoms with Crippen molar-refractivity contribution in [2.45, 2.75) is 58.2 Å². The van der Waals surface area contributed by atoms with Crippen LogP contribution in [0.4, 0.5) is 0 Å². The molecule has 94 valence electrons. The molecule has 2 atom stereocenters. The predicted molar refractivity (Wildman–Crippen MR) is 64.2 cm³/mol. The summed E-state index contributed by atoms with van der Waals surface area (Å²) in [4.78, 5) is 13.8. The fourth-order valence-corrected chi connectivity index (χ4v) is 2.32. The third-order valence-electron chi connectivity index (χ3n) is 2.91. The zero-order valence-electron chi connectivity index (χ0n) is 10.6. The van der Waals surface area contributed by atoms with Gasteiger partial charge in [-0.3, -0.25) is 9.69 Å². The van der Waals surface area contributed by atoms with Crippen LogP contribution in [0.5, 0.6) is 0 Å². The van der Waals surface area contributed by atoms with Crippen molar-refractivity contribution in [3.05, 3.63) is 0 Å². The topological polar surface area (TPSA) is 52.6 Å². The average molecular weight is 228 g/mol. The maximum absolute atomic E-state index is 11.6. The number of amides is 1. The first kappa shape index (κ1) is 13.5. The van der Waals surface area contributed by atoms with Gasteiger partial charge in [0, 0.05) is 12.1 Å². The summed E-state index contributed by atoms with van der Waals surface area (Å²) in [6, 6.07) is 0.572. The highest BCUT2D eigenvalue weighted by atomic mass is 16.3. The summed E-state index contributed by atoms with van der Waals surface area (Å²) < 4.78 is 0. The highest BCUT2D eigenvalue weighted by Gasteiger charge is 2.27. The second-order valence-corrected chi connectivity index (χ2v) is 5.07. The van der Waals surface area contributed by atoms with E-state index in [0.717, 1.165) is 25.8 Å². The Bertz CT molecular complexity index is 229. The third-order valence-corrected chi connectivity index (χ3v) is 2.91. The molecule has 1 aliphatic heterocycles. The minimum atomic E-state index is -0.279. The van der Waals surface area contributed by atoms with E-state index in [9.17, 15) is 9.90 Å². The minimum absolute atomic E-state index is 0.0903. The number of hydrogen-bond donors (Lipinski definition) is 2. The summed E-state index contributed by atoms with van der Waals surface area (Å²) in [5, 5.41) is 12.3. The standard InChI is InChI=1S/C12H24N2O2/c1-9(2)13-12(16)8-14-6-4-5-11(14)7-10(3)15/h9-11,15H,4-8H2,1-3H3,(H,13,16). The molecule has 16 heavy (non-hydrogen) atoms. The van der Waals surface area contributed by atoms with Gasteiger partial charge in [-0.15, -0.1) is 0 Å². The molecule has 0 spiro atoms. The number of carbonyl (C=O) groups is 1. The Morgan fingerprint density at radius 1 is 1.50 bits per heavy atom. The van der Waals surface area contributed by atoms with Crippen LogP contribution in [-0.2, 0) is 4.79 Å². The van der Waals surface area contributed by atoms with E-state index in [0.29, 0.717) is 12.6 Å². The zero-order valence-corrected chi connectivity index (χ0v) is 10.6. The van der Waals surface area contributed by atoms with E-state index >= 15 is 0 Å². The fourth-order valence-electron chi connectivity index (χ4n) is 2.32. The van der Waals surface area contributed by atoms with Crippen molar-refractivity contribution >= 4 is 5.91 Å². The number of nitrogens with one attached hydrogen (secondary N) is 1. The maximum Gasteiger partial charge on any atom is 0.234 e. The fraction of sp³-hybridized carbons (Fsp3) is 0.917. The molecule has 0 aromatic carbocycles. The molecule has 1 amide bonds. The lowest BCUT2D eigenvalue weighted by atomic mass is 10.1. The zero-order chi connectivity index (χ0) is 12.1. The monoisotopic (exact) mass is 228 g/mol. The molecular formula is C12H24N2O2. The van der Waals surface area contributed by atoms with Crippen LogP contribution in [0.3, 0.4) is 0 Å². The molecule has 0 radical (unpaired) electrons. The van der Waals surface area contributed by atoms with E-state index in [1.54, 1.807) is 0 Å². The van der Waals surface area contributed by atoms with Crippen LogP contribution in [-0.4, -0.2) is 47.2 Å². The lowest BCUT2D eigenvalue weighted by Crippen LogP contribution is -2.42. The molecule has 0 aromatic heterocycles. The van der Waals surface area contributed by atoms with Crippen LogP contribution < -0.4 is 5.32 Å². The molecule has 0 aliphatic carbocycles. The lowest BCUT2D eigenvalue weighted by molar-refractivity contribution is -0.123. The van der Waals surface area contributed by atoms with E-state index in [2.05, 4.69) is 10.2 Å². The largest absolute Gasteiger partial charge is 0.393 e. The van der Waals surface area contributed by atoms with Gasteiger partial charge >= 0.3 is 0 Å². The number of hydrogen-bond acceptors (Lipinski definition) is 3. The first-order valence-electron chi connectivity index (χ1n) is 6.20. The molecule has 1 fully saturated rings. The average Bonchev–Trinajstić information content (AvgIpc) is 2.50. The summed E-state index contributed by atoms with van der Waals surface area (Å²) >= 11 is 0. The van der Waals surface area contributed by atoms with Crippen molar-refractivity contribution in [3.8, 4) is 0 Å². The van der Waals surface area contributed by atoms with E-state index in [1.165, 1.54) is 0 Å². The highest BCUT2D eigenvalue weighted by Crippen LogP contribution is 2.20. The van der Waals surface area contributed by atoms with Crippen LogP contribution in [0.2, 0.25) is 0 Å². The van der Waals surface area contributed by atoms with Gasteiger partial charge in [-0.05, 0) is 46.6 Å². The molecule has 4 heteroatoms. The molecule has 0 saturated carbocycles. The summed E-state index contributed by atoms with van der Waals surface area (Å²) in [6.07, 6.45) is 2.72. The summed E-state index contributed by atoms with van der Waals surface area (Å²) in [5.41, 5.74) is 0. The van der Waals surface area contributed by atoms with Crippen LogP contribution >= 0.6 is 0 Å². The Hall–Kier alpha value is -0.610. The van der Waals surface area contributed by atoms with Crippen LogP contribution in [0.15, 0.2) is 0 Å². The van der Waals surface area contributed by atoms with Crippen LogP contribution in [0.25, 0.3) is 0 Å². The van der Waals surface area contributed by atoms with Crippen molar-refractivity contribution in [1.29, 1.82) is 0 Å². The molecule has 1 heterocycles. The Morgan fingerprint density at radius 3 is 2.75 bits per heavy atom. The van der Waals surface area contributed by atoms with Gasteiger partial charge in [0.25, 0.3) is 0 Å². The molecule has 4 nitrogen and oxygen atoms in total. The molecule has 2 N–H and O–H groups in total. The molecule has 1 saturated heterocycles. The summed E-state index contributed by atoms with van der Waals surface area (Å²) in [6.45, 7) is 7.19. The second-order valence-electron chi connectivity index (χ2n) is 5.07. The van der Waals surface area contributed by atoms with Crippen LogP contribution in [0.1, 0.15) is 40.0 Å². The van der Waals surface area contributed by atoms with Gasteiger partial charge in [0.1, 0.15) is 0 Å².